The molecule has 4 heterocycles. The summed E-state index contributed by atoms with van der Waals surface area (Å²) in [7, 11) is 6.95. The Bertz CT molecular complexity index is 2560. The molecule has 2 saturated carbocycles. The van der Waals surface area contributed by atoms with Gasteiger partial charge in [-0.3, -0.25) is 9.97 Å². The maximum Gasteiger partial charge on any atom is 0.339 e. The van der Waals surface area contributed by atoms with Crippen LogP contribution >= 0.6 is 15.9 Å². The van der Waals surface area contributed by atoms with Crippen LogP contribution in [0.1, 0.15) is 91.9 Å². The molecule has 2 aliphatic carbocycles. The van der Waals surface area contributed by atoms with Crippen LogP contribution in [0.4, 0.5) is 0 Å². The van der Waals surface area contributed by atoms with E-state index in [2.05, 4.69) is 115 Å². The highest BCUT2D eigenvalue weighted by molar-refractivity contribution is 9.10. The molecule has 2 fully saturated rings. The molecule has 4 aromatic heterocycles. The number of carbonyl (C=O) groups excluding carboxylic acids is 2. The predicted molar refractivity (Wildman–Crippen MR) is 220 cm³/mol. The molecule has 0 atom stereocenters. The zero-order valence-electron chi connectivity index (χ0n) is 31.5. The Morgan fingerprint density at radius 2 is 1.16 bits per heavy atom. The van der Waals surface area contributed by atoms with Crippen LogP contribution in [0, 0.1) is 0 Å². The van der Waals surface area contributed by atoms with Crippen molar-refractivity contribution in [3.05, 3.63) is 153 Å². The van der Waals surface area contributed by atoms with Gasteiger partial charge in [0.2, 0.25) is 0 Å². The number of hydrogen-bond donors (Lipinski definition) is 0. The minimum atomic E-state index is -0.314. The third-order valence-corrected chi connectivity index (χ3v) is 11.4. The van der Waals surface area contributed by atoms with Crippen molar-refractivity contribution in [1.82, 2.24) is 19.1 Å². The lowest BCUT2D eigenvalue weighted by atomic mass is 9.99. The van der Waals surface area contributed by atoms with Crippen LogP contribution in [0.5, 0.6) is 0 Å². The quantitative estimate of drug-likeness (QED) is 0.135. The van der Waals surface area contributed by atoms with E-state index in [9.17, 15) is 9.59 Å². The summed E-state index contributed by atoms with van der Waals surface area (Å²) >= 11 is 3.61. The van der Waals surface area contributed by atoms with E-state index >= 15 is 0 Å². The molecule has 0 saturated heterocycles. The van der Waals surface area contributed by atoms with Crippen molar-refractivity contribution in [2.75, 3.05) is 14.2 Å². The molecule has 0 N–H and O–H groups in total. The van der Waals surface area contributed by atoms with Crippen LogP contribution in [0.25, 0.3) is 32.9 Å². The van der Waals surface area contributed by atoms with E-state index in [1.165, 1.54) is 67.4 Å². The maximum atomic E-state index is 12.4. The number of rotatable bonds is 9. The number of ether oxygens (including phenoxy) is 2. The number of hydrogen-bond acceptors (Lipinski definition) is 6. The average Bonchev–Trinajstić information content (AvgIpc) is 4.16. The fourth-order valence-electron chi connectivity index (χ4n) is 7.44. The summed E-state index contributed by atoms with van der Waals surface area (Å²) in [6.07, 6.45) is 14.0. The minimum Gasteiger partial charge on any atom is -0.465 e. The van der Waals surface area contributed by atoms with Gasteiger partial charge in [-0.15, -0.1) is 0 Å². The number of aromatic nitrogens is 4. The van der Waals surface area contributed by atoms with Crippen LogP contribution in [-0.4, -0.2) is 45.3 Å². The number of methoxy groups -OCH3 is 2. The van der Waals surface area contributed by atoms with E-state index in [1.807, 2.05) is 37.6 Å². The van der Waals surface area contributed by atoms with Gasteiger partial charge < -0.3 is 18.6 Å². The van der Waals surface area contributed by atoms with Gasteiger partial charge >= 0.3 is 11.9 Å². The van der Waals surface area contributed by atoms with Crippen molar-refractivity contribution in [2.24, 2.45) is 14.1 Å². The average molecular weight is 796 g/mol. The molecule has 0 amide bonds. The van der Waals surface area contributed by atoms with Crippen LogP contribution in [-0.2, 0) is 36.4 Å². The van der Waals surface area contributed by atoms with Gasteiger partial charge in [0, 0.05) is 83.6 Å². The number of nitrogens with zero attached hydrogens (tertiary/aromatic N) is 4. The number of fused-ring (bicyclic) bond motifs is 2. The number of pyridine rings is 2. The lowest BCUT2D eigenvalue weighted by Crippen LogP contribution is -2.09. The SMILES string of the molecule is COC(=O)c1cc(C2CC2)cnc1Cc1ccc2c(c1)c(-c1ccccc1)cn2C.COC(=O)c1cc(C2CC2)cnc1Cc1ccc2c(c1)c(Br)cn2C. The van der Waals surface area contributed by atoms with Gasteiger partial charge in [-0.05, 0) is 118 Å². The van der Waals surface area contributed by atoms with Crippen LogP contribution in [0.3, 0.4) is 0 Å². The molecule has 0 unspecified atom stereocenters. The second-order valence-electron chi connectivity index (χ2n) is 14.7. The van der Waals surface area contributed by atoms with Crippen LogP contribution in [0.2, 0.25) is 0 Å². The third kappa shape index (κ3) is 7.71. The third-order valence-electron chi connectivity index (χ3n) is 10.8. The number of carbonyl (C=O) groups is 2. The molecule has 0 spiro atoms. The van der Waals surface area contributed by atoms with Gasteiger partial charge in [0.25, 0.3) is 0 Å². The lowest BCUT2D eigenvalue weighted by Gasteiger charge is -2.10. The van der Waals surface area contributed by atoms with E-state index in [0.29, 0.717) is 35.8 Å². The Kier molecular flexibility index (Phi) is 10.1. The second kappa shape index (κ2) is 15.3. The van der Waals surface area contributed by atoms with Gasteiger partial charge in [-0.25, -0.2) is 9.59 Å². The normalized spacial score (nSPS) is 13.8. The number of aryl methyl sites for hydroxylation is 2. The van der Waals surface area contributed by atoms with Crippen molar-refractivity contribution in [3.8, 4) is 11.1 Å². The molecule has 9 heteroatoms. The van der Waals surface area contributed by atoms with E-state index in [-0.39, 0.29) is 11.9 Å². The molecular formula is C46H43BrN4O4. The van der Waals surface area contributed by atoms with E-state index < -0.39 is 0 Å². The maximum absolute atomic E-state index is 12.4. The Labute approximate surface area is 329 Å². The summed E-state index contributed by atoms with van der Waals surface area (Å²) in [6.45, 7) is 0. The van der Waals surface area contributed by atoms with Crippen molar-refractivity contribution in [2.45, 2.75) is 50.4 Å². The molecule has 0 aliphatic heterocycles. The van der Waals surface area contributed by atoms with Gasteiger partial charge in [0.05, 0.1) is 36.7 Å². The first-order valence-electron chi connectivity index (χ1n) is 18.7. The largest absolute Gasteiger partial charge is 0.465 e. The predicted octanol–water partition coefficient (Wildman–Crippen LogP) is 10.1. The molecule has 0 bridgehead atoms. The van der Waals surface area contributed by atoms with E-state index in [0.717, 1.165) is 43.5 Å². The summed E-state index contributed by atoms with van der Waals surface area (Å²) in [4.78, 5) is 33.9. The Morgan fingerprint density at radius 1 is 0.673 bits per heavy atom. The first-order valence-corrected chi connectivity index (χ1v) is 19.5. The Morgan fingerprint density at radius 3 is 1.67 bits per heavy atom. The Hall–Kier alpha value is -5.54. The van der Waals surface area contributed by atoms with E-state index in [1.54, 1.807) is 0 Å². The molecule has 8 nitrogen and oxygen atoms in total. The smallest absolute Gasteiger partial charge is 0.339 e. The molecule has 7 aromatic rings. The van der Waals surface area contributed by atoms with E-state index in [4.69, 9.17) is 9.47 Å². The highest BCUT2D eigenvalue weighted by Crippen LogP contribution is 2.41. The minimum absolute atomic E-state index is 0.313. The first kappa shape index (κ1) is 36.4. The number of esters is 2. The molecule has 0 radical (unpaired) electrons. The number of benzene rings is 3. The molecule has 3 aromatic carbocycles. The Balaban J connectivity index is 0.000000158. The first-order chi connectivity index (χ1) is 26.7. The molecule has 278 valence electrons. The topological polar surface area (TPSA) is 88.2 Å². The van der Waals surface area contributed by atoms with Gasteiger partial charge in [-0.1, -0.05) is 42.5 Å². The standard InChI is InChI=1S/C26H24N2O2.C20H19BrN2O2/c1-28-16-23(19-6-4-3-5-7-19)21-12-17(8-11-25(21)28)13-24-22(26(29)30-2)14-20(15-27-24)18-9-10-18;1-23-11-17(21)15-7-12(3-6-19(15)23)8-18-16(20(24)25-2)9-14(10-22-18)13-4-5-13/h3-8,11-12,14-16,18H,9-10,13H2,1-2H3;3,6-7,9-11,13H,4-5,8H2,1-2H3. The zero-order chi connectivity index (χ0) is 38.2. The highest BCUT2D eigenvalue weighted by atomic mass is 79.9. The summed E-state index contributed by atoms with van der Waals surface area (Å²) in [6, 6.07) is 27.2. The summed E-state index contributed by atoms with van der Waals surface area (Å²) in [5.41, 5.74) is 12.0. The summed E-state index contributed by atoms with van der Waals surface area (Å²) < 4.78 is 15.3. The lowest BCUT2D eigenvalue weighted by molar-refractivity contribution is 0.0590. The summed E-state index contributed by atoms with van der Waals surface area (Å²) in [5, 5.41) is 2.37. The molecular weight excluding hydrogens is 752 g/mol. The molecule has 55 heavy (non-hydrogen) atoms. The fraction of sp³-hybridized carbons (Fsp3) is 0.261. The van der Waals surface area contributed by atoms with Gasteiger partial charge in [-0.2, -0.15) is 0 Å². The summed E-state index contributed by atoms with van der Waals surface area (Å²) in [5.74, 6) is 0.475. The van der Waals surface area contributed by atoms with Crippen molar-refractivity contribution in [1.29, 1.82) is 0 Å². The fourth-order valence-corrected chi connectivity index (χ4v) is 8.06. The molecule has 2 aliphatic rings. The van der Waals surface area contributed by atoms with Crippen LogP contribution in [0.15, 0.2) is 108 Å². The second-order valence-corrected chi connectivity index (χ2v) is 15.6. The highest BCUT2D eigenvalue weighted by Gasteiger charge is 2.27. The van der Waals surface area contributed by atoms with Gasteiger partial charge in [0.1, 0.15) is 0 Å². The monoisotopic (exact) mass is 794 g/mol. The molecule has 9 rings (SSSR count). The van der Waals surface area contributed by atoms with Crippen molar-refractivity contribution in [3.63, 3.8) is 0 Å². The van der Waals surface area contributed by atoms with Crippen molar-refractivity contribution < 1.29 is 19.1 Å². The van der Waals surface area contributed by atoms with Crippen molar-refractivity contribution >= 4 is 49.7 Å². The van der Waals surface area contributed by atoms with Gasteiger partial charge in [0.15, 0.2) is 0 Å². The van der Waals surface area contributed by atoms with Crippen LogP contribution < -0.4 is 0 Å². The zero-order valence-corrected chi connectivity index (χ0v) is 33.1. The number of halogens is 1.